The van der Waals surface area contributed by atoms with Crippen molar-refractivity contribution in [2.45, 2.75) is 45.6 Å². The third kappa shape index (κ3) is 4.79. The maximum Gasteiger partial charge on any atom is 0.250 e. The number of benzene rings is 1. The summed E-state index contributed by atoms with van der Waals surface area (Å²) in [5.41, 5.74) is 3.18. The summed E-state index contributed by atoms with van der Waals surface area (Å²) < 4.78 is 0. The molecule has 1 aromatic rings. The van der Waals surface area contributed by atoms with Gasteiger partial charge in [0.25, 0.3) is 0 Å². The molecule has 2 aliphatic carbocycles. The Hall–Kier alpha value is -3.35. The minimum Gasteiger partial charge on any atom is -0.506 e. The Morgan fingerprint density at radius 3 is 2.70 bits per heavy atom. The molecule has 156 valence electrons. The molecule has 2 aliphatic rings. The van der Waals surface area contributed by atoms with Crippen LogP contribution in [0.2, 0.25) is 0 Å². The zero-order chi connectivity index (χ0) is 21.7. The van der Waals surface area contributed by atoms with Crippen LogP contribution >= 0.6 is 0 Å². The molecule has 2 N–H and O–H groups in total. The van der Waals surface area contributed by atoms with E-state index in [0.29, 0.717) is 23.5 Å². The second kappa shape index (κ2) is 9.43. The zero-order valence-electron chi connectivity index (χ0n) is 17.1. The van der Waals surface area contributed by atoms with Gasteiger partial charge in [-0.25, -0.2) is 0 Å². The minimum atomic E-state index is -0.461. The highest BCUT2D eigenvalue weighted by Crippen LogP contribution is 2.32. The Morgan fingerprint density at radius 2 is 2.00 bits per heavy atom. The molecule has 30 heavy (non-hydrogen) atoms. The van der Waals surface area contributed by atoms with Gasteiger partial charge < -0.3 is 10.4 Å². The zero-order valence-corrected chi connectivity index (χ0v) is 17.1. The maximum atomic E-state index is 12.9. The third-order valence-corrected chi connectivity index (χ3v) is 5.56. The number of nitrogens with one attached hydrogen (secondary N) is 1. The molecule has 2 unspecified atom stereocenters. The van der Waals surface area contributed by atoms with Crippen LogP contribution in [0.25, 0.3) is 0 Å². The van der Waals surface area contributed by atoms with Gasteiger partial charge in [-0.2, -0.15) is 0 Å². The van der Waals surface area contributed by atoms with Gasteiger partial charge in [0, 0.05) is 5.57 Å². The number of hydrogen-bond acceptors (Lipinski definition) is 6. The number of nitrogens with zero attached hydrogens (tertiary/aromatic N) is 2. The molecule has 0 fully saturated rings. The summed E-state index contributed by atoms with van der Waals surface area (Å²) in [5, 5.41) is 18.3. The Morgan fingerprint density at radius 1 is 1.20 bits per heavy atom. The van der Waals surface area contributed by atoms with Crippen LogP contribution in [0.3, 0.4) is 0 Å². The Balaban J connectivity index is 1.78. The van der Waals surface area contributed by atoms with E-state index in [1.165, 1.54) is 24.1 Å². The van der Waals surface area contributed by atoms with Crippen molar-refractivity contribution in [3.8, 4) is 5.75 Å². The molecule has 0 bridgehead atoms. The minimum absolute atomic E-state index is 0.0944. The molecular formula is C23H25N3O4. The van der Waals surface area contributed by atoms with Crippen molar-refractivity contribution in [1.29, 1.82) is 0 Å². The number of rotatable bonds is 6. The number of carbonyl (C=O) groups excluding carboxylic acids is 1. The van der Waals surface area contributed by atoms with Gasteiger partial charge in [0.1, 0.15) is 17.1 Å². The fourth-order valence-corrected chi connectivity index (χ4v) is 3.78. The summed E-state index contributed by atoms with van der Waals surface area (Å²) >= 11 is 0. The maximum absolute atomic E-state index is 12.9. The molecule has 1 amide bonds. The monoisotopic (exact) mass is 407 g/mol. The van der Waals surface area contributed by atoms with Crippen LogP contribution in [0.1, 0.15) is 51.1 Å². The van der Waals surface area contributed by atoms with Gasteiger partial charge in [-0.05, 0) is 83.8 Å². The predicted octanol–water partition coefficient (Wildman–Crippen LogP) is 5.62. The Kier molecular flexibility index (Phi) is 6.72. The van der Waals surface area contributed by atoms with Gasteiger partial charge in [0.15, 0.2) is 0 Å². The van der Waals surface area contributed by atoms with Gasteiger partial charge in [0.05, 0.1) is 6.04 Å². The number of phenolic OH excluding ortho intramolecular Hbond substituents is 1. The van der Waals surface area contributed by atoms with E-state index in [1.54, 1.807) is 19.1 Å². The van der Waals surface area contributed by atoms with Crippen LogP contribution in [0.5, 0.6) is 5.75 Å². The highest BCUT2D eigenvalue weighted by Gasteiger charge is 2.21. The van der Waals surface area contributed by atoms with Gasteiger partial charge in [-0.15, -0.1) is 9.81 Å². The lowest BCUT2D eigenvalue weighted by Gasteiger charge is -2.19. The lowest BCUT2D eigenvalue weighted by atomic mass is 9.86. The average Bonchev–Trinajstić information content (AvgIpc) is 2.96. The molecule has 7 heteroatoms. The normalized spacial score (nSPS) is 20.0. The van der Waals surface area contributed by atoms with Gasteiger partial charge >= 0.3 is 0 Å². The summed E-state index contributed by atoms with van der Waals surface area (Å²) in [7, 11) is 0. The van der Waals surface area contributed by atoms with E-state index in [2.05, 4.69) is 28.7 Å². The lowest BCUT2D eigenvalue weighted by Crippen LogP contribution is -2.28. The highest BCUT2D eigenvalue weighted by atomic mass is 16.3. The molecule has 7 nitrogen and oxygen atoms in total. The van der Waals surface area contributed by atoms with Crippen molar-refractivity contribution in [2.24, 2.45) is 16.3 Å². The summed E-state index contributed by atoms with van der Waals surface area (Å²) in [6.07, 6.45) is 11.1. The number of carbonyl (C=O) groups is 1. The third-order valence-electron chi connectivity index (χ3n) is 5.56. The number of hydrogen-bond donors (Lipinski definition) is 2. The van der Waals surface area contributed by atoms with Crippen molar-refractivity contribution in [3.63, 3.8) is 0 Å². The van der Waals surface area contributed by atoms with Gasteiger partial charge in [-0.3, -0.25) is 4.79 Å². The topological polar surface area (TPSA) is 108 Å². The number of amides is 1. The second-order valence-electron chi connectivity index (χ2n) is 7.80. The molecule has 0 saturated heterocycles. The molecule has 2 atom stereocenters. The first-order valence-electron chi connectivity index (χ1n) is 10.0. The predicted molar refractivity (Wildman–Crippen MR) is 116 cm³/mol. The molecule has 0 spiro atoms. The van der Waals surface area contributed by atoms with E-state index in [4.69, 9.17) is 0 Å². The van der Waals surface area contributed by atoms with Crippen molar-refractivity contribution >= 4 is 11.6 Å². The first-order valence-corrected chi connectivity index (χ1v) is 10.0. The number of aromatic hydroxyl groups is 1. The SMILES string of the molecule is CC1CCC=C(C2=CCC(C(=O)NC(C)c3ccc(O)c(N=O)c3)=C(N=O)C=C2)C1. The van der Waals surface area contributed by atoms with Crippen molar-refractivity contribution in [3.05, 3.63) is 80.3 Å². The van der Waals surface area contributed by atoms with E-state index in [1.807, 2.05) is 12.2 Å². The Bertz CT molecular complexity index is 988. The summed E-state index contributed by atoms with van der Waals surface area (Å²) in [6.45, 7) is 3.97. The molecular weight excluding hydrogens is 382 g/mol. The van der Waals surface area contributed by atoms with E-state index >= 15 is 0 Å². The quantitative estimate of drug-likeness (QED) is 0.596. The molecule has 0 aliphatic heterocycles. The van der Waals surface area contributed by atoms with E-state index < -0.39 is 11.9 Å². The smallest absolute Gasteiger partial charge is 0.250 e. The van der Waals surface area contributed by atoms with Crippen LogP contribution in [-0.2, 0) is 4.79 Å². The largest absolute Gasteiger partial charge is 0.506 e. The fraction of sp³-hybridized carbons (Fsp3) is 0.348. The summed E-state index contributed by atoms with van der Waals surface area (Å²) in [4.78, 5) is 35.1. The molecule has 0 aromatic heterocycles. The van der Waals surface area contributed by atoms with Crippen LogP contribution < -0.4 is 5.32 Å². The van der Waals surface area contributed by atoms with Crippen molar-refractivity contribution in [1.82, 2.24) is 5.32 Å². The second-order valence-corrected chi connectivity index (χ2v) is 7.80. The highest BCUT2D eigenvalue weighted by molar-refractivity contribution is 5.95. The molecule has 1 aromatic carbocycles. The summed E-state index contributed by atoms with van der Waals surface area (Å²) in [5.74, 6) is -0.0156. The fourth-order valence-electron chi connectivity index (χ4n) is 3.78. The van der Waals surface area contributed by atoms with Crippen LogP contribution in [0, 0.1) is 15.7 Å². The number of phenols is 1. The molecule has 3 rings (SSSR count). The molecule has 0 radical (unpaired) electrons. The van der Waals surface area contributed by atoms with Crippen LogP contribution in [-0.4, -0.2) is 11.0 Å². The first kappa shape index (κ1) is 21.4. The van der Waals surface area contributed by atoms with Crippen LogP contribution in [0.4, 0.5) is 5.69 Å². The van der Waals surface area contributed by atoms with Crippen LogP contribution in [0.15, 0.2) is 75.3 Å². The van der Waals surface area contributed by atoms with E-state index in [-0.39, 0.29) is 17.1 Å². The van der Waals surface area contributed by atoms with E-state index in [0.717, 1.165) is 18.4 Å². The lowest BCUT2D eigenvalue weighted by molar-refractivity contribution is -0.118. The van der Waals surface area contributed by atoms with Gasteiger partial charge in [0.2, 0.25) is 5.91 Å². The van der Waals surface area contributed by atoms with Crippen molar-refractivity contribution in [2.75, 3.05) is 0 Å². The summed E-state index contributed by atoms with van der Waals surface area (Å²) in [6, 6.07) is 3.91. The Labute approximate surface area is 175 Å². The molecule has 0 saturated carbocycles. The molecule has 0 heterocycles. The van der Waals surface area contributed by atoms with Gasteiger partial charge in [-0.1, -0.05) is 31.2 Å². The van der Waals surface area contributed by atoms with Crippen molar-refractivity contribution < 1.29 is 9.90 Å². The van der Waals surface area contributed by atoms with E-state index in [9.17, 15) is 19.7 Å². The first-order chi connectivity index (χ1) is 14.4. The number of nitroso groups, excluding NO2 is 2. The standard InChI is InChI=1S/C23H25N3O4/c1-14-4-3-5-18(12-14)16-6-9-19(20(25-29)10-7-16)23(28)24-15(2)17-8-11-22(27)21(13-17)26-30/h5-8,10-11,13-15,27H,3-4,9,12H2,1-2H3,(H,24,28). The number of allylic oxidation sites excluding steroid dienone is 6. The average molecular weight is 407 g/mol.